The highest BCUT2D eigenvalue weighted by atomic mass is 16.6. The third-order valence-corrected chi connectivity index (χ3v) is 5.63. The van der Waals surface area contributed by atoms with Gasteiger partial charge in [-0.05, 0) is 41.5 Å². The van der Waals surface area contributed by atoms with E-state index in [1.54, 1.807) is 18.2 Å². The summed E-state index contributed by atoms with van der Waals surface area (Å²) in [6, 6.07) is 24.5. The van der Waals surface area contributed by atoms with E-state index >= 15 is 0 Å². The van der Waals surface area contributed by atoms with Crippen LogP contribution in [0.2, 0.25) is 0 Å². The number of nitro groups is 1. The van der Waals surface area contributed by atoms with E-state index in [1.165, 1.54) is 23.8 Å². The van der Waals surface area contributed by atoms with Crippen molar-refractivity contribution in [2.24, 2.45) is 0 Å². The molecule has 1 saturated heterocycles. The molecule has 33 heavy (non-hydrogen) atoms. The third kappa shape index (κ3) is 6.27. The number of carbonyl (C=O) groups excluding carboxylic acids is 1. The fraction of sp³-hybridized carbons (Fsp3) is 0.192. The minimum Gasteiger partial charge on any atom is -0.369 e. The molecule has 7 heteroatoms. The predicted molar refractivity (Wildman–Crippen MR) is 131 cm³/mol. The van der Waals surface area contributed by atoms with Gasteiger partial charge in [-0.15, -0.1) is 0 Å². The van der Waals surface area contributed by atoms with Crippen LogP contribution in [0.3, 0.4) is 0 Å². The molecule has 1 aliphatic rings. The van der Waals surface area contributed by atoms with E-state index in [0.717, 1.165) is 38.4 Å². The number of amides is 1. The van der Waals surface area contributed by atoms with Gasteiger partial charge < -0.3 is 10.2 Å². The average Bonchev–Trinajstić information content (AvgIpc) is 2.85. The van der Waals surface area contributed by atoms with Crippen molar-refractivity contribution in [3.63, 3.8) is 0 Å². The molecule has 4 rings (SSSR count). The number of nitrogens with one attached hydrogen (secondary N) is 1. The Morgan fingerprint density at radius 1 is 0.939 bits per heavy atom. The molecule has 0 bridgehead atoms. The van der Waals surface area contributed by atoms with Gasteiger partial charge in [0, 0.05) is 62.3 Å². The van der Waals surface area contributed by atoms with Crippen LogP contribution in [0.4, 0.5) is 17.1 Å². The molecule has 1 aliphatic heterocycles. The Bertz CT molecular complexity index is 1120. The van der Waals surface area contributed by atoms with E-state index in [-0.39, 0.29) is 11.6 Å². The van der Waals surface area contributed by atoms with E-state index in [4.69, 9.17) is 0 Å². The molecular weight excluding hydrogens is 416 g/mol. The molecule has 1 amide bonds. The number of piperazine rings is 1. The highest BCUT2D eigenvalue weighted by molar-refractivity contribution is 6.02. The van der Waals surface area contributed by atoms with Crippen LogP contribution >= 0.6 is 0 Å². The van der Waals surface area contributed by atoms with E-state index in [1.807, 2.05) is 30.3 Å². The molecule has 0 radical (unpaired) electrons. The maximum absolute atomic E-state index is 12.2. The molecule has 1 N–H and O–H groups in total. The van der Waals surface area contributed by atoms with Crippen molar-refractivity contribution in [3.05, 3.63) is 106 Å². The summed E-state index contributed by atoms with van der Waals surface area (Å²) in [6.45, 7) is 4.92. The van der Waals surface area contributed by atoms with Crippen LogP contribution in [0.5, 0.6) is 0 Å². The lowest BCUT2D eigenvalue weighted by atomic mass is 10.2. The number of benzene rings is 3. The summed E-state index contributed by atoms with van der Waals surface area (Å²) in [4.78, 5) is 27.5. The Labute approximate surface area is 193 Å². The van der Waals surface area contributed by atoms with Crippen molar-refractivity contribution in [3.8, 4) is 0 Å². The van der Waals surface area contributed by atoms with Gasteiger partial charge in [-0.2, -0.15) is 0 Å². The second-order valence-electron chi connectivity index (χ2n) is 7.97. The van der Waals surface area contributed by atoms with Crippen LogP contribution in [0, 0.1) is 10.1 Å². The summed E-state index contributed by atoms with van der Waals surface area (Å²) in [6.07, 6.45) is 2.94. The van der Waals surface area contributed by atoms with Crippen LogP contribution in [-0.4, -0.2) is 41.9 Å². The number of non-ortho nitro benzene ring substituents is 1. The number of nitrogens with zero attached hydrogens (tertiary/aromatic N) is 3. The second kappa shape index (κ2) is 10.6. The van der Waals surface area contributed by atoms with Crippen molar-refractivity contribution in [2.45, 2.75) is 6.54 Å². The van der Waals surface area contributed by atoms with Gasteiger partial charge in [0.1, 0.15) is 0 Å². The first kappa shape index (κ1) is 22.2. The molecule has 3 aromatic carbocycles. The average molecular weight is 443 g/mol. The Kier molecular flexibility index (Phi) is 7.12. The van der Waals surface area contributed by atoms with Crippen molar-refractivity contribution in [1.29, 1.82) is 0 Å². The fourth-order valence-corrected chi connectivity index (χ4v) is 3.86. The van der Waals surface area contributed by atoms with Crippen LogP contribution in [-0.2, 0) is 11.3 Å². The standard InChI is InChI=1S/C26H26N4O3/c31-26(14-9-21-7-4-8-25(19-21)30(32)33)27-23-10-12-24(13-11-23)29-17-15-28(16-18-29)20-22-5-2-1-3-6-22/h1-14,19H,15-18,20H2,(H,27,31)/b14-9+. The summed E-state index contributed by atoms with van der Waals surface area (Å²) >= 11 is 0. The first-order chi connectivity index (χ1) is 16.1. The summed E-state index contributed by atoms with van der Waals surface area (Å²) < 4.78 is 0. The van der Waals surface area contributed by atoms with Crippen LogP contribution in [0.1, 0.15) is 11.1 Å². The lowest BCUT2D eigenvalue weighted by molar-refractivity contribution is -0.384. The largest absolute Gasteiger partial charge is 0.369 e. The number of hydrogen-bond acceptors (Lipinski definition) is 5. The molecule has 1 fully saturated rings. The molecule has 0 unspecified atom stereocenters. The minimum absolute atomic E-state index is 0.00551. The molecule has 0 aromatic heterocycles. The molecule has 0 atom stereocenters. The third-order valence-electron chi connectivity index (χ3n) is 5.63. The summed E-state index contributed by atoms with van der Waals surface area (Å²) in [5.41, 5.74) is 3.77. The van der Waals surface area contributed by atoms with Crippen LogP contribution < -0.4 is 10.2 Å². The molecular formula is C26H26N4O3. The van der Waals surface area contributed by atoms with Crippen molar-refractivity contribution >= 4 is 29.0 Å². The topological polar surface area (TPSA) is 78.7 Å². The Morgan fingerprint density at radius 2 is 1.67 bits per heavy atom. The van der Waals surface area contributed by atoms with Crippen LogP contribution in [0.25, 0.3) is 6.08 Å². The van der Waals surface area contributed by atoms with Gasteiger partial charge >= 0.3 is 0 Å². The smallest absolute Gasteiger partial charge is 0.270 e. The van der Waals surface area contributed by atoms with Crippen molar-refractivity contribution in [2.75, 3.05) is 36.4 Å². The molecule has 7 nitrogen and oxygen atoms in total. The SMILES string of the molecule is O=C(/C=C/c1cccc([N+](=O)[O-])c1)Nc1ccc(N2CCN(Cc3ccccc3)CC2)cc1. The first-order valence-electron chi connectivity index (χ1n) is 10.9. The maximum atomic E-state index is 12.2. The fourth-order valence-electron chi connectivity index (χ4n) is 3.86. The van der Waals surface area contributed by atoms with Gasteiger partial charge in [0.05, 0.1) is 4.92 Å². The zero-order valence-corrected chi connectivity index (χ0v) is 18.3. The summed E-state index contributed by atoms with van der Waals surface area (Å²) in [7, 11) is 0. The van der Waals surface area contributed by atoms with E-state index < -0.39 is 4.92 Å². The van der Waals surface area contributed by atoms with E-state index in [2.05, 4.69) is 39.4 Å². The van der Waals surface area contributed by atoms with Crippen molar-refractivity contribution in [1.82, 2.24) is 4.90 Å². The monoisotopic (exact) mass is 442 g/mol. The number of carbonyl (C=O) groups is 1. The zero-order chi connectivity index (χ0) is 23.0. The number of anilines is 2. The minimum atomic E-state index is -0.456. The second-order valence-corrected chi connectivity index (χ2v) is 7.97. The predicted octanol–water partition coefficient (Wildman–Crippen LogP) is 4.57. The maximum Gasteiger partial charge on any atom is 0.270 e. The van der Waals surface area contributed by atoms with Gasteiger partial charge in [-0.1, -0.05) is 42.5 Å². The summed E-state index contributed by atoms with van der Waals surface area (Å²) in [5, 5.41) is 13.7. The first-order valence-corrected chi connectivity index (χ1v) is 10.9. The van der Waals surface area contributed by atoms with Crippen molar-refractivity contribution < 1.29 is 9.72 Å². The van der Waals surface area contributed by atoms with Gasteiger partial charge in [0.25, 0.3) is 5.69 Å². The lowest BCUT2D eigenvalue weighted by Gasteiger charge is -2.36. The van der Waals surface area contributed by atoms with Gasteiger partial charge in [-0.3, -0.25) is 19.8 Å². The quantitative estimate of drug-likeness (QED) is 0.329. The van der Waals surface area contributed by atoms with Gasteiger partial charge in [-0.25, -0.2) is 0 Å². The lowest BCUT2D eigenvalue weighted by Crippen LogP contribution is -2.45. The van der Waals surface area contributed by atoms with Gasteiger partial charge in [0.2, 0.25) is 5.91 Å². The van der Waals surface area contributed by atoms with Gasteiger partial charge in [0.15, 0.2) is 0 Å². The Morgan fingerprint density at radius 3 is 2.36 bits per heavy atom. The highest BCUT2D eigenvalue weighted by Gasteiger charge is 2.17. The number of rotatable bonds is 7. The van der Waals surface area contributed by atoms with E-state index in [9.17, 15) is 14.9 Å². The highest BCUT2D eigenvalue weighted by Crippen LogP contribution is 2.20. The van der Waals surface area contributed by atoms with Crippen LogP contribution in [0.15, 0.2) is 84.9 Å². The molecule has 168 valence electrons. The summed E-state index contributed by atoms with van der Waals surface area (Å²) in [5.74, 6) is -0.288. The van der Waals surface area contributed by atoms with E-state index in [0.29, 0.717) is 11.3 Å². The molecule has 0 spiro atoms. The molecule has 0 saturated carbocycles. The zero-order valence-electron chi connectivity index (χ0n) is 18.3. The molecule has 0 aliphatic carbocycles. The number of hydrogen-bond donors (Lipinski definition) is 1. The number of nitro benzene ring substituents is 1. The Hall–Kier alpha value is -3.97. The molecule has 1 heterocycles. The molecule has 3 aromatic rings. The Balaban J connectivity index is 1.27. The normalized spacial score (nSPS) is 14.4.